The second-order valence-corrected chi connectivity index (χ2v) is 4.50. The molecular formula is C13H16FNO2. The zero-order chi connectivity index (χ0) is 12.3. The van der Waals surface area contributed by atoms with E-state index in [9.17, 15) is 9.18 Å². The van der Waals surface area contributed by atoms with Gasteiger partial charge in [-0.1, -0.05) is 18.2 Å². The van der Waals surface area contributed by atoms with E-state index >= 15 is 0 Å². The molecule has 1 fully saturated rings. The lowest BCUT2D eigenvalue weighted by molar-refractivity contribution is -0.143. The molecule has 92 valence electrons. The number of carboxylic acid groups (broad SMARTS) is 1. The molecule has 0 radical (unpaired) electrons. The summed E-state index contributed by atoms with van der Waals surface area (Å²) < 4.78 is 13.5. The fourth-order valence-corrected chi connectivity index (χ4v) is 2.27. The van der Waals surface area contributed by atoms with Crippen LogP contribution >= 0.6 is 0 Å². The van der Waals surface area contributed by atoms with Crippen molar-refractivity contribution in [2.75, 3.05) is 13.1 Å². The van der Waals surface area contributed by atoms with Crippen molar-refractivity contribution in [2.24, 2.45) is 5.92 Å². The lowest BCUT2D eigenvalue weighted by Crippen LogP contribution is -2.38. The summed E-state index contributed by atoms with van der Waals surface area (Å²) in [4.78, 5) is 12.9. The average Bonchev–Trinajstić information content (AvgIpc) is 2.32. The van der Waals surface area contributed by atoms with E-state index in [-0.39, 0.29) is 11.7 Å². The Hall–Kier alpha value is -1.42. The Balaban J connectivity index is 1.99. The van der Waals surface area contributed by atoms with Crippen molar-refractivity contribution in [2.45, 2.75) is 19.4 Å². The highest BCUT2D eigenvalue weighted by atomic mass is 19.1. The van der Waals surface area contributed by atoms with Gasteiger partial charge in [0.1, 0.15) is 5.82 Å². The normalized spacial score (nSPS) is 21.4. The molecule has 1 heterocycles. The van der Waals surface area contributed by atoms with Crippen molar-refractivity contribution < 1.29 is 14.3 Å². The predicted octanol–water partition coefficient (Wildman–Crippen LogP) is 2.12. The van der Waals surface area contributed by atoms with Crippen LogP contribution in [0, 0.1) is 11.7 Å². The number of likely N-dealkylation sites (tertiary alicyclic amines) is 1. The first-order valence-electron chi connectivity index (χ1n) is 5.85. The Morgan fingerprint density at radius 3 is 2.94 bits per heavy atom. The number of aliphatic carboxylic acids is 1. The van der Waals surface area contributed by atoms with Gasteiger partial charge in [0.2, 0.25) is 0 Å². The highest BCUT2D eigenvalue weighted by Crippen LogP contribution is 2.19. The summed E-state index contributed by atoms with van der Waals surface area (Å²) in [7, 11) is 0. The van der Waals surface area contributed by atoms with Gasteiger partial charge in [0, 0.05) is 18.7 Å². The Kier molecular flexibility index (Phi) is 3.74. The van der Waals surface area contributed by atoms with Crippen LogP contribution in [0.2, 0.25) is 0 Å². The van der Waals surface area contributed by atoms with Crippen LogP contribution < -0.4 is 0 Å². The fourth-order valence-electron chi connectivity index (χ4n) is 2.27. The van der Waals surface area contributed by atoms with Crippen LogP contribution in [0.25, 0.3) is 0 Å². The maximum atomic E-state index is 13.5. The van der Waals surface area contributed by atoms with E-state index < -0.39 is 5.97 Å². The van der Waals surface area contributed by atoms with Crippen LogP contribution in [0.5, 0.6) is 0 Å². The minimum atomic E-state index is -0.747. The Morgan fingerprint density at radius 1 is 1.47 bits per heavy atom. The molecule has 0 aromatic heterocycles. The van der Waals surface area contributed by atoms with Crippen LogP contribution in [-0.4, -0.2) is 29.1 Å². The molecule has 1 aliphatic rings. The third-order valence-corrected chi connectivity index (χ3v) is 3.21. The molecule has 2 rings (SSSR count). The zero-order valence-corrected chi connectivity index (χ0v) is 9.60. The summed E-state index contributed by atoms with van der Waals surface area (Å²) in [5.74, 6) is -1.27. The van der Waals surface area contributed by atoms with Gasteiger partial charge < -0.3 is 5.11 Å². The van der Waals surface area contributed by atoms with Gasteiger partial charge in [0.15, 0.2) is 0 Å². The number of benzene rings is 1. The van der Waals surface area contributed by atoms with E-state index in [4.69, 9.17) is 5.11 Å². The molecule has 0 saturated carbocycles. The van der Waals surface area contributed by atoms with Crippen LogP contribution in [-0.2, 0) is 11.3 Å². The van der Waals surface area contributed by atoms with E-state index in [1.165, 1.54) is 6.07 Å². The second kappa shape index (κ2) is 5.27. The summed E-state index contributed by atoms with van der Waals surface area (Å²) >= 11 is 0. The first-order chi connectivity index (χ1) is 8.16. The van der Waals surface area contributed by atoms with Crippen molar-refractivity contribution >= 4 is 5.97 Å². The second-order valence-electron chi connectivity index (χ2n) is 4.50. The molecule has 1 saturated heterocycles. The van der Waals surface area contributed by atoms with E-state index in [0.29, 0.717) is 18.7 Å². The predicted molar refractivity (Wildman–Crippen MR) is 62.0 cm³/mol. The fraction of sp³-hybridized carbons (Fsp3) is 0.462. The molecule has 0 amide bonds. The number of carboxylic acids is 1. The van der Waals surface area contributed by atoms with Crippen LogP contribution in [0.1, 0.15) is 18.4 Å². The summed E-state index contributed by atoms with van der Waals surface area (Å²) in [6.07, 6.45) is 1.59. The lowest BCUT2D eigenvalue weighted by Gasteiger charge is -2.30. The molecule has 1 aromatic carbocycles. The number of piperidine rings is 1. The smallest absolute Gasteiger partial charge is 0.307 e. The summed E-state index contributed by atoms with van der Waals surface area (Å²) in [5, 5.41) is 8.98. The van der Waals surface area contributed by atoms with E-state index in [0.717, 1.165) is 19.4 Å². The highest BCUT2D eigenvalue weighted by molar-refractivity contribution is 5.70. The average molecular weight is 237 g/mol. The first-order valence-corrected chi connectivity index (χ1v) is 5.85. The lowest BCUT2D eigenvalue weighted by atomic mass is 9.98. The van der Waals surface area contributed by atoms with Crippen LogP contribution in [0.4, 0.5) is 4.39 Å². The maximum absolute atomic E-state index is 13.5. The number of halogens is 1. The van der Waals surface area contributed by atoms with Crippen molar-refractivity contribution in [3.8, 4) is 0 Å². The topological polar surface area (TPSA) is 40.5 Å². The molecule has 0 unspecified atom stereocenters. The molecule has 1 atom stereocenters. The van der Waals surface area contributed by atoms with Crippen molar-refractivity contribution in [1.82, 2.24) is 4.90 Å². The molecule has 4 heteroatoms. The van der Waals surface area contributed by atoms with Crippen LogP contribution in [0.3, 0.4) is 0 Å². The van der Waals surface area contributed by atoms with Gasteiger partial charge in [0.25, 0.3) is 0 Å². The van der Waals surface area contributed by atoms with Gasteiger partial charge in [-0.3, -0.25) is 9.69 Å². The molecule has 1 aliphatic heterocycles. The quantitative estimate of drug-likeness (QED) is 0.875. The van der Waals surface area contributed by atoms with E-state index in [1.54, 1.807) is 18.2 Å². The Bertz CT molecular complexity index is 408. The number of rotatable bonds is 3. The standard InChI is InChI=1S/C13H16FNO2/c14-12-6-2-1-4-10(12)8-15-7-3-5-11(9-15)13(16)17/h1-2,4,6,11H,3,5,7-9H2,(H,16,17)/t11-/m0/s1. The minimum absolute atomic E-state index is 0.218. The monoisotopic (exact) mass is 237 g/mol. The third kappa shape index (κ3) is 3.03. The van der Waals surface area contributed by atoms with E-state index in [2.05, 4.69) is 0 Å². The molecule has 0 spiro atoms. The Morgan fingerprint density at radius 2 is 2.24 bits per heavy atom. The summed E-state index contributed by atoms with van der Waals surface area (Å²) in [6.45, 7) is 1.86. The van der Waals surface area contributed by atoms with Crippen LogP contribution in [0.15, 0.2) is 24.3 Å². The maximum Gasteiger partial charge on any atom is 0.307 e. The van der Waals surface area contributed by atoms with Gasteiger partial charge in [-0.2, -0.15) is 0 Å². The molecule has 0 aliphatic carbocycles. The van der Waals surface area contributed by atoms with Crippen molar-refractivity contribution in [3.63, 3.8) is 0 Å². The van der Waals surface area contributed by atoms with Gasteiger partial charge >= 0.3 is 5.97 Å². The molecule has 3 nitrogen and oxygen atoms in total. The van der Waals surface area contributed by atoms with Gasteiger partial charge in [-0.25, -0.2) is 4.39 Å². The number of hydrogen-bond donors (Lipinski definition) is 1. The Labute approximate surface area is 99.9 Å². The SMILES string of the molecule is O=C(O)[C@H]1CCCN(Cc2ccccc2F)C1. The largest absolute Gasteiger partial charge is 0.481 e. The molecule has 1 aromatic rings. The highest BCUT2D eigenvalue weighted by Gasteiger charge is 2.25. The minimum Gasteiger partial charge on any atom is -0.481 e. The third-order valence-electron chi connectivity index (χ3n) is 3.21. The van der Waals surface area contributed by atoms with E-state index in [1.807, 2.05) is 4.90 Å². The molecule has 17 heavy (non-hydrogen) atoms. The summed E-state index contributed by atoms with van der Waals surface area (Å²) in [6, 6.07) is 6.65. The van der Waals surface area contributed by atoms with Crippen molar-refractivity contribution in [1.29, 1.82) is 0 Å². The first kappa shape index (κ1) is 12.0. The van der Waals surface area contributed by atoms with Gasteiger partial charge in [-0.05, 0) is 25.5 Å². The zero-order valence-electron chi connectivity index (χ0n) is 9.60. The number of hydrogen-bond acceptors (Lipinski definition) is 2. The molecule has 0 bridgehead atoms. The number of carbonyl (C=O) groups is 1. The van der Waals surface area contributed by atoms with Crippen molar-refractivity contribution in [3.05, 3.63) is 35.6 Å². The van der Waals surface area contributed by atoms with Gasteiger partial charge in [-0.15, -0.1) is 0 Å². The summed E-state index contributed by atoms with van der Waals surface area (Å²) in [5.41, 5.74) is 0.638. The molecular weight excluding hydrogens is 221 g/mol. The number of nitrogens with zero attached hydrogens (tertiary/aromatic N) is 1. The van der Waals surface area contributed by atoms with Gasteiger partial charge in [0.05, 0.1) is 5.92 Å². The molecule has 1 N–H and O–H groups in total.